The summed E-state index contributed by atoms with van der Waals surface area (Å²) in [4.78, 5) is 28.5. The van der Waals surface area contributed by atoms with E-state index in [0.717, 1.165) is 11.1 Å². The van der Waals surface area contributed by atoms with Gasteiger partial charge in [0.2, 0.25) is 5.76 Å². The maximum Gasteiger partial charge on any atom is 0.291 e. The summed E-state index contributed by atoms with van der Waals surface area (Å²) in [5, 5.41) is 0.372. The molecule has 1 fully saturated rings. The van der Waals surface area contributed by atoms with Crippen LogP contribution in [0.3, 0.4) is 0 Å². The largest absolute Gasteiger partial charge is 0.450 e. The molecule has 160 valence electrons. The smallest absolute Gasteiger partial charge is 0.291 e. The minimum atomic E-state index is -3.28. The molecule has 2 aliphatic rings. The van der Waals surface area contributed by atoms with Gasteiger partial charge in [0.15, 0.2) is 15.3 Å². The van der Waals surface area contributed by atoms with Gasteiger partial charge in [0.05, 0.1) is 28.5 Å². The van der Waals surface area contributed by atoms with Crippen LogP contribution >= 0.6 is 0 Å². The van der Waals surface area contributed by atoms with Crippen molar-refractivity contribution in [1.82, 2.24) is 4.90 Å². The zero-order valence-corrected chi connectivity index (χ0v) is 17.8. The minimum absolute atomic E-state index is 0.0183. The van der Waals surface area contributed by atoms with Crippen LogP contribution in [0.4, 0.5) is 4.39 Å². The molecule has 0 spiro atoms. The topological polar surface area (TPSA) is 84.7 Å². The van der Waals surface area contributed by atoms with E-state index in [1.807, 2.05) is 19.9 Å². The van der Waals surface area contributed by atoms with E-state index in [4.69, 9.17) is 4.42 Å². The highest BCUT2D eigenvalue weighted by molar-refractivity contribution is 7.91. The van der Waals surface area contributed by atoms with Gasteiger partial charge in [-0.3, -0.25) is 9.59 Å². The number of nitrogens with zero attached hydrogens (tertiary/aromatic N) is 1. The Morgan fingerprint density at radius 1 is 1.10 bits per heavy atom. The van der Waals surface area contributed by atoms with E-state index in [0.29, 0.717) is 16.5 Å². The Morgan fingerprint density at radius 3 is 2.45 bits per heavy atom. The number of carbonyl (C=O) groups is 1. The van der Waals surface area contributed by atoms with Crippen molar-refractivity contribution in [2.24, 2.45) is 0 Å². The number of hydrogen-bond donors (Lipinski definition) is 0. The fourth-order valence-electron chi connectivity index (χ4n) is 4.79. The number of rotatable bonds is 2. The lowest BCUT2D eigenvalue weighted by Gasteiger charge is -2.30. The minimum Gasteiger partial charge on any atom is -0.450 e. The van der Waals surface area contributed by atoms with Crippen LogP contribution in [0.15, 0.2) is 45.6 Å². The third-order valence-corrected chi connectivity index (χ3v) is 7.88. The third-order valence-electron chi connectivity index (χ3n) is 6.12. The molecule has 1 aromatic heterocycles. The third kappa shape index (κ3) is 3.08. The van der Waals surface area contributed by atoms with Gasteiger partial charge in [-0.2, -0.15) is 0 Å². The average molecular weight is 441 g/mol. The summed E-state index contributed by atoms with van der Waals surface area (Å²) in [6.45, 7) is 3.68. The Balaban J connectivity index is 1.79. The van der Waals surface area contributed by atoms with Gasteiger partial charge in [-0.25, -0.2) is 12.8 Å². The maximum atomic E-state index is 13.6. The molecule has 2 unspecified atom stereocenters. The number of fused-ring (bicyclic) bond motifs is 2. The summed E-state index contributed by atoms with van der Waals surface area (Å²) in [7, 11) is -3.28. The second-order valence-electron chi connectivity index (χ2n) is 8.36. The van der Waals surface area contributed by atoms with Crippen molar-refractivity contribution in [1.29, 1.82) is 0 Å². The quantitative estimate of drug-likeness (QED) is 0.609. The van der Waals surface area contributed by atoms with Gasteiger partial charge in [0, 0.05) is 6.04 Å². The first kappa shape index (κ1) is 19.9. The van der Waals surface area contributed by atoms with Crippen LogP contribution in [0.2, 0.25) is 0 Å². The van der Waals surface area contributed by atoms with E-state index in [1.54, 1.807) is 6.07 Å². The molecule has 2 aliphatic heterocycles. The molecule has 2 atom stereocenters. The Labute approximate surface area is 178 Å². The number of carbonyl (C=O) groups excluding carboxylic acids is 1. The van der Waals surface area contributed by atoms with Crippen LogP contribution < -0.4 is 5.43 Å². The lowest BCUT2D eigenvalue weighted by atomic mass is 9.96. The van der Waals surface area contributed by atoms with Crippen LogP contribution in [0, 0.1) is 19.7 Å². The molecule has 0 radical (unpaired) electrons. The summed E-state index contributed by atoms with van der Waals surface area (Å²) < 4.78 is 43.8. The molecular formula is C23H20FNO5S. The molecule has 0 N–H and O–H groups in total. The first-order valence-corrected chi connectivity index (χ1v) is 11.8. The van der Waals surface area contributed by atoms with Gasteiger partial charge >= 0.3 is 0 Å². The van der Waals surface area contributed by atoms with Crippen molar-refractivity contribution in [2.45, 2.75) is 32.4 Å². The number of hydrogen-bond acceptors (Lipinski definition) is 5. The summed E-state index contributed by atoms with van der Waals surface area (Å²) in [6, 6.07) is 7.74. The molecule has 8 heteroatoms. The number of sulfone groups is 1. The average Bonchev–Trinajstić information content (AvgIpc) is 3.20. The van der Waals surface area contributed by atoms with Crippen LogP contribution in [0.25, 0.3) is 11.0 Å². The molecule has 5 rings (SSSR count). The highest BCUT2D eigenvalue weighted by Gasteiger charge is 2.48. The molecule has 3 heterocycles. The summed E-state index contributed by atoms with van der Waals surface area (Å²) in [5.74, 6) is -1.21. The van der Waals surface area contributed by atoms with Crippen molar-refractivity contribution in [2.75, 3.05) is 11.5 Å². The Bertz CT molecular complexity index is 1410. The van der Waals surface area contributed by atoms with Crippen LogP contribution in [-0.2, 0) is 9.84 Å². The first-order chi connectivity index (χ1) is 14.7. The van der Waals surface area contributed by atoms with E-state index >= 15 is 0 Å². The monoisotopic (exact) mass is 441 g/mol. The summed E-state index contributed by atoms with van der Waals surface area (Å²) >= 11 is 0. The molecule has 6 nitrogen and oxygen atoms in total. The van der Waals surface area contributed by atoms with Gasteiger partial charge in [-0.15, -0.1) is 0 Å². The van der Waals surface area contributed by atoms with Crippen LogP contribution in [-0.4, -0.2) is 36.8 Å². The zero-order valence-electron chi connectivity index (χ0n) is 17.0. The maximum absolute atomic E-state index is 13.6. The second-order valence-corrected chi connectivity index (χ2v) is 10.6. The summed E-state index contributed by atoms with van der Waals surface area (Å²) in [6.07, 6.45) is 0.283. The van der Waals surface area contributed by atoms with E-state index in [2.05, 4.69) is 0 Å². The zero-order chi connectivity index (χ0) is 22.1. The second kappa shape index (κ2) is 6.75. The number of aryl methyl sites for hydroxylation is 2. The van der Waals surface area contributed by atoms with E-state index in [9.17, 15) is 22.4 Å². The molecule has 0 aliphatic carbocycles. The number of halogens is 1. The molecule has 31 heavy (non-hydrogen) atoms. The van der Waals surface area contributed by atoms with E-state index < -0.39 is 33.6 Å². The van der Waals surface area contributed by atoms with E-state index in [1.165, 1.54) is 29.2 Å². The van der Waals surface area contributed by atoms with Gasteiger partial charge in [0.1, 0.15) is 11.4 Å². The highest BCUT2D eigenvalue weighted by atomic mass is 32.2. The normalized spacial score (nSPS) is 22.3. The highest BCUT2D eigenvalue weighted by Crippen LogP contribution is 2.41. The molecular weight excluding hydrogens is 421 g/mol. The molecule has 0 saturated carbocycles. The van der Waals surface area contributed by atoms with E-state index in [-0.39, 0.29) is 34.7 Å². The fraction of sp³-hybridized carbons (Fsp3) is 0.304. The molecule has 2 aromatic carbocycles. The first-order valence-electron chi connectivity index (χ1n) is 10.0. The molecule has 0 bridgehead atoms. The van der Waals surface area contributed by atoms with Crippen molar-refractivity contribution in [3.8, 4) is 0 Å². The van der Waals surface area contributed by atoms with Gasteiger partial charge in [0.25, 0.3) is 5.91 Å². The lowest BCUT2D eigenvalue weighted by Crippen LogP contribution is -2.40. The Hall–Kier alpha value is -3.00. The summed E-state index contributed by atoms with van der Waals surface area (Å²) in [5.41, 5.74) is 2.37. The predicted octanol–water partition coefficient (Wildman–Crippen LogP) is 3.28. The van der Waals surface area contributed by atoms with Crippen molar-refractivity contribution in [3.63, 3.8) is 0 Å². The molecule has 1 saturated heterocycles. The number of amides is 1. The lowest BCUT2D eigenvalue weighted by molar-refractivity contribution is 0.0662. The van der Waals surface area contributed by atoms with Crippen molar-refractivity contribution in [3.05, 3.63) is 80.5 Å². The molecule has 3 aromatic rings. The van der Waals surface area contributed by atoms with Crippen molar-refractivity contribution < 1.29 is 22.0 Å². The van der Waals surface area contributed by atoms with Gasteiger partial charge in [-0.05, 0) is 55.2 Å². The standard InChI is InChI=1S/C23H20FNO5S/c1-12-9-13(2)21-17(10-12)20(26)18-19(14-3-5-15(24)6-4-14)25(23(27)22(18)30-21)16-7-8-31(28,29)11-16/h3-6,9-10,16,19H,7-8,11H2,1-2H3. The SMILES string of the molecule is Cc1cc(C)c2oc3c(c(=O)c2c1)C(c1ccc(F)cc1)N(C1CCS(=O)(=O)C1)C3=O. The van der Waals surface area contributed by atoms with Crippen molar-refractivity contribution >= 4 is 26.7 Å². The van der Waals surface area contributed by atoms with Crippen LogP contribution in [0.5, 0.6) is 0 Å². The predicted molar refractivity (Wildman–Crippen MR) is 113 cm³/mol. The fourth-order valence-corrected chi connectivity index (χ4v) is 6.50. The molecule has 1 amide bonds. The van der Waals surface area contributed by atoms with Crippen LogP contribution in [0.1, 0.15) is 45.3 Å². The Morgan fingerprint density at radius 2 is 1.81 bits per heavy atom. The Kier molecular flexibility index (Phi) is 4.34. The van der Waals surface area contributed by atoms with Gasteiger partial charge in [-0.1, -0.05) is 18.2 Å². The van der Waals surface area contributed by atoms with Gasteiger partial charge < -0.3 is 9.32 Å². The number of benzene rings is 2.